The van der Waals surface area contributed by atoms with Gasteiger partial charge >= 0.3 is 0 Å². The highest BCUT2D eigenvalue weighted by Gasteiger charge is 2.16. The Morgan fingerprint density at radius 1 is 1.29 bits per heavy atom. The van der Waals surface area contributed by atoms with Crippen molar-refractivity contribution in [3.63, 3.8) is 0 Å². The normalized spacial score (nSPS) is 13.0. The van der Waals surface area contributed by atoms with E-state index in [0.29, 0.717) is 11.8 Å². The van der Waals surface area contributed by atoms with Crippen molar-refractivity contribution < 1.29 is 4.42 Å². The molecule has 0 bridgehead atoms. The first-order valence-corrected chi connectivity index (χ1v) is 5.86. The minimum absolute atomic E-state index is 0.0962. The molecule has 1 unspecified atom stereocenters. The second-order valence-electron chi connectivity index (χ2n) is 4.71. The molecule has 0 amide bonds. The van der Waals surface area contributed by atoms with Gasteiger partial charge in [-0.15, -0.1) is 0 Å². The maximum Gasteiger partial charge on any atom is 0.226 e. The van der Waals surface area contributed by atoms with E-state index in [1.807, 2.05) is 25.1 Å². The van der Waals surface area contributed by atoms with E-state index in [0.717, 1.165) is 11.3 Å². The van der Waals surface area contributed by atoms with E-state index in [-0.39, 0.29) is 6.04 Å². The van der Waals surface area contributed by atoms with Gasteiger partial charge in [-0.3, -0.25) is 0 Å². The highest BCUT2D eigenvalue weighted by Crippen LogP contribution is 2.25. The SMILES string of the molecule is Cc1cccc(-c2ncc(C(N)C(C)C)o2)c1. The molecule has 1 atom stereocenters. The third-order valence-corrected chi connectivity index (χ3v) is 2.84. The van der Waals surface area contributed by atoms with E-state index in [9.17, 15) is 0 Å². The van der Waals surface area contributed by atoms with Crippen molar-refractivity contribution >= 4 is 0 Å². The number of rotatable bonds is 3. The summed E-state index contributed by atoms with van der Waals surface area (Å²) in [5.41, 5.74) is 8.21. The van der Waals surface area contributed by atoms with Crippen molar-refractivity contribution in [2.24, 2.45) is 11.7 Å². The summed E-state index contributed by atoms with van der Waals surface area (Å²) >= 11 is 0. The lowest BCUT2D eigenvalue weighted by molar-refractivity contribution is 0.407. The monoisotopic (exact) mass is 230 g/mol. The molecule has 17 heavy (non-hydrogen) atoms. The summed E-state index contributed by atoms with van der Waals surface area (Å²) < 4.78 is 5.71. The quantitative estimate of drug-likeness (QED) is 0.880. The molecular formula is C14H18N2O. The smallest absolute Gasteiger partial charge is 0.226 e. The van der Waals surface area contributed by atoms with Gasteiger partial charge in [-0.1, -0.05) is 31.5 Å². The first-order valence-electron chi connectivity index (χ1n) is 5.86. The highest BCUT2D eigenvalue weighted by atomic mass is 16.4. The predicted molar refractivity (Wildman–Crippen MR) is 68.4 cm³/mol. The van der Waals surface area contributed by atoms with Crippen LogP contribution < -0.4 is 5.73 Å². The predicted octanol–water partition coefficient (Wildman–Crippen LogP) is 3.31. The number of oxazole rings is 1. The Morgan fingerprint density at radius 3 is 2.71 bits per heavy atom. The van der Waals surface area contributed by atoms with Gasteiger partial charge < -0.3 is 10.2 Å². The molecule has 0 saturated carbocycles. The molecule has 0 aliphatic carbocycles. The number of benzene rings is 1. The van der Waals surface area contributed by atoms with Gasteiger partial charge in [0.15, 0.2) is 0 Å². The van der Waals surface area contributed by atoms with E-state index < -0.39 is 0 Å². The van der Waals surface area contributed by atoms with Crippen LogP contribution in [0.15, 0.2) is 34.9 Å². The minimum Gasteiger partial charge on any atom is -0.440 e. The Balaban J connectivity index is 2.30. The zero-order valence-electron chi connectivity index (χ0n) is 10.5. The standard InChI is InChI=1S/C14H18N2O/c1-9(2)13(15)12-8-16-14(17-12)11-6-4-5-10(3)7-11/h4-9,13H,15H2,1-3H3. The fourth-order valence-electron chi connectivity index (χ4n) is 1.68. The Hall–Kier alpha value is -1.61. The number of nitrogens with zero attached hydrogens (tertiary/aromatic N) is 1. The third kappa shape index (κ3) is 2.56. The second kappa shape index (κ2) is 4.72. The van der Waals surface area contributed by atoms with E-state index >= 15 is 0 Å². The van der Waals surface area contributed by atoms with Crippen molar-refractivity contribution in [3.8, 4) is 11.5 Å². The highest BCUT2D eigenvalue weighted by molar-refractivity contribution is 5.54. The van der Waals surface area contributed by atoms with Crippen LogP contribution >= 0.6 is 0 Å². The number of hydrogen-bond acceptors (Lipinski definition) is 3. The average molecular weight is 230 g/mol. The van der Waals surface area contributed by atoms with Crippen molar-refractivity contribution in [1.29, 1.82) is 0 Å². The van der Waals surface area contributed by atoms with Crippen LogP contribution in [0.25, 0.3) is 11.5 Å². The second-order valence-corrected chi connectivity index (χ2v) is 4.71. The van der Waals surface area contributed by atoms with Crippen LogP contribution in [-0.4, -0.2) is 4.98 Å². The third-order valence-electron chi connectivity index (χ3n) is 2.84. The van der Waals surface area contributed by atoms with Gasteiger partial charge in [-0.2, -0.15) is 0 Å². The summed E-state index contributed by atoms with van der Waals surface area (Å²) in [6.07, 6.45) is 1.72. The summed E-state index contributed by atoms with van der Waals surface area (Å²) in [6, 6.07) is 7.99. The molecule has 3 nitrogen and oxygen atoms in total. The van der Waals surface area contributed by atoms with E-state index in [1.165, 1.54) is 5.56 Å². The topological polar surface area (TPSA) is 52.0 Å². The molecule has 2 rings (SSSR count). The van der Waals surface area contributed by atoms with E-state index in [2.05, 4.69) is 24.9 Å². The van der Waals surface area contributed by atoms with Gasteiger partial charge in [0.2, 0.25) is 5.89 Å². The molecule has 2 N–H and O–H groups in total. The minimum atomic E-state index is -0.0962. The number of hydrogen-bond donors (Lipinski definition) is 1. The van der Waals surface area contributed by atoms with Crippen molar-refractivity contribution in [1.82, 2.24) is 4.98 Å². The molecule has 1 aromatic heterocycles. The molecule has 0 spiro atoms. The van der Waals surface area contributed by atoms with E-state index in [1.54, 1.807) is 6.20 Å². The van der Waals surface area contributed by atoms with Crippen LogP contribution in [0.5, 0.6) is 0 Å². The first kappa shape index (κ1) is 11.9. The lowest BCUT2D eigenvalue weighted by Crippen LogP contribution is -2.15. The molecule has 3 heteroatoms. The summed E-state index contributed by atoms with van der Waals surface area (Å²) in [5.74, 6) is 1.73. The van der Waals surface area contributed by atoms with Gasteiger partial charge in [0.05, 0.1) is 12.2 Å². The van der Waals surface area contributed by atoms with Gasteiger partial charge in [0, 0.05) is 5.56 Å². The summed E-state index contributed by atoms with van der Waals surface area (Å²) in [6.45, 7) is 6.19. The Kier molecular flexibility index (Phi) is 3.29. The van der Waals surface area contributed by atoms with E-state index in [4.69, 9.17) is 10.2 Å². The lowest BCUT2D eigenvalue weighted by Gasteiger charge is -2.11. The van der Waals surface area contributed by atoms with Crippen molar-refractivity contribution in [2.45, 2.75) is 26.8 Å². The number of nitrogens with two attached hydrogens (primary N) is 1. The largest absolute Gasteiger partial charge is 0.440 e. The number of aromatic nitrogens is 1. The van der Waals surface area contributed by atoms with Crippen LogP contribution in [0.2, 0.25) is 0 Å². The summed E-state index contributed by atoms with van der Waals surface area (Å²) in [5, 5.41) is 0. The van der Waals surface area contributed by atoms with Gasteiger partial charge in [-0.25, -0.2) is 4.98 Å². The lowest BCUT2D eigenvalue weighted by atomic mass is 10.0. The molecule has 1 heterocycles. The molecule has 1 aromatic carbocycles. The molecular weight excluding hydrogens is 212 g/mol. The molecule has 0 aliphatic rings. The Morgan fingerprint density at radius 2 is 2.06 bits per heavy atom. The summed E-state index contributed by atoms with van der Waals surface area (Å²) in [4.78, 5) is 4.28. The molecule has 0 fully saturated rings. The van der Waals surface area contributed by atoms with Crippen LogP contribution in [0, 0.1) is 12.8 Å². The van der Waals surface area contributed by atoms with Gasteiger partial charge in [-0.05, 0) is 25.0 Å². The van der Waals surface area contributed by atoms with Crippen LogP contribution in [0.3, 0.4) is 0 Å². The Bertz CT molecular complexity index is 502. The zero-order chi connectivity index (χ0) is 12.4. The fraction of sp³-hybridized carbons (Fsp3) is 0.357. The first-order chi connectivity index (χ1) is 8.08. The fourth-order valence-corrected chi connectivity index (χ4v) is 1.68. The number of aryl methyl sites for hydroxylation is 1. The average Bonchev–Trinajstić information content (AvgIpc) is 2.77. The Labute approximate surface area is 102 Å². The molecule has 90 valence electrons. The molecule has 0 saturated heterocycles. The van der Waals surface area contributed by atoms with Crippen LogP contribution in [0.4, 0.5) is 0 Å². The van der Waals surface area contributed by atoms with Gasteiger partial charge in [0.1, 0.15) is 5.76 Å². The van der Waals surface area contributed by atoms with Gasteiger partial charge in [0.25, 0.3) is 0 Å². The summed E-state index contributed by atoms with van der Waals surface area (Å²) in [7, 11) is 0. The zero-order valence-corrected chi connectivity index (χ0v) is 10.5. The maximum absolute atomic E-state index is 6.03. The van der Waals surface area contributed by atoms with Crippen molar-refractivity contribution in [2.75, 3.05) is 0 Å². The van der Waals surface area contributed by atoms with Crippen LogP contribution in [0.1, 0.15) is 31.2 Å². The van der Waals surface area contributed by atoms with Crippen LogP contribution in [-0.2, 0) is 0 Å². The molecule has 0 aliphatic heterocycles. The molecule has 2 aromatic rings. The molecule has 0 radical (unpaired) electrons. The maximum atomic E-state index is 6.03. The van der Waals surface area contributed by atoms with Crippen molar-refractivity contribution in [3.05, 3.63) is 41.8 Å².